The molecule has 1 fully saturated rings. The lowest BCUT2D eigenvalue weighted by atomic mass is 9.86. The van der Waals surface area contributed by atoms with Gasteiger partial charge in [-0.3, -0.25) is 28.7 Å². The minimum atomic E-state index is -5.07. The molecular formula is C28H39F3N4O6. The second-order valence-corrected chi connectivity index (χ2v) is 12.3. The largest absolute Gasteiger partial charge is 0.522 e. The molecule has 228 valence electrons. The van der Waals surface area contributed by atoms with Gasteiger partial charge >= 0.3 is 18.2 Å². The zero-order chi connectivity index (χ0) is 31.2. The van der Waals surface area contributed by atoms with Crippen LogP contribution in [0.25, 0.3) is 0 Å². The van der Waals surface area contributed by atoms with Crippen molar-refractivity contribution in [3.63, 3.8) is 0 Å². The van der Waals surface area contributed by atoms with E-state index in [0.29, 0.717) is 18.7 Å². The van der Waals surface area contributed by atoms with Crippen molar-refractivity contribution in [2.45, 2.75) is 84.7 Å². The number of hydrogen-bond donors (Lipinski definition) is 4. The number of amides is 4. The molecule has 1 aliphatic rings. The standard InChI is InChI=1S/C28H39F3N4O6/c1-26(2,3)14-20(35-25(40)24(39)33-18-10-8-7-9-17(18)27(4,5)6)23(38)34-19(13-16-11-12-32-22(16)37)21(36)15-41-28(29,30)31/h7-10,16,19-20H,11-15H2,1-6H3,(H,32,37)(H,33,39)(H,34,38)(H,35,40)/t16-,19-,20-/m0/s1. The molecule has 41 heavy (non-hydrogen) atoms. The predicted octanol–water partition coefficient (Wildman–Crippen LogP) is 2.96. The summed E-state index contributed by atoms with van der Waals surface area (Å²) < 4.78 is 41.4. The number of carbonyl (C=O) groups is 5. The first-order valence-corrected chi connectivity index (χ1v) is 13.3. The number of hydrogen-bond acceptors (Lipinski definition) is 6. The van der Waals surface area contributed by atoms with E-state index in [-0.39, 0.29) is 24.2 Å². The van der Waals surface area contributed by atoms with Gasteiger partial charge in [0, 0.05) is 18.2 Å². The molecule has 1 saturated heterocycles. The molecule has 2 rings (SSSR count). The van der Waals surface area contributed by atoms with Gasteiger partial charge in [0.15, 0.2) is 5.78 Å². The van der Waals surface area contributed by atoms with Crippen molar-refractivity contribution in [1.29, 1.82) is 0 Å². The summed E-state index contributed by atoms with van der Waals surface area (Å²) in [4.78, 5) is 63.7. The Morgan fingerprint density at radius 2 is 1.61 bits per heavy atom. The van der Waals surface area contributed by atoms with Crippen LogP contribution in [0.4, 0.5) is 18.9 Å². The lowest BCUT2D eigenvalue weighted by molar-refractivity contribution is -0.321. The lowest BCUT2D eigenvalue weighted by Crippen LogP contribution is -2.55. The molecule has 0 aliphatic carbocycles. The number of alkyl halides is 3. The monoisotopic (exact) mass is 584 g/mol. The first-order valence-electron chi connectivity index (χ1n) is 13.3. The number of nitrogens with one attached hydrogen (secondary N) is 4. The molecule has 0 saturated carbocycles. The third-order valence-electron chi connectivity index (χ3n) is 6.39. The maximum Gasteiger partial charge on any atom is 0.522 e. The Morgan fingerprint density at radius 3 is 2.15 bits per heavy atom. The van der Waals surface area contributed by atoms with Crippen molar-refractivity contribution in [1.82, 2.24) is 16.0 Å². The van der Waals surface area contributed by atoms with Gasteiger partial charge in [0.05, 0.1) is 6.04 Å². The van der Waals surface area contributed by atoms with Crippen molar-refractivity contribution >= 4 is 35.1 Å². The number of halogens is 3. The summed E-state index contributed by atoms with van der Waals surface area (Å²) in [6, 6.07) is 4.14. The van der Waals surface area contributed by atoms with Crippen LogP contribution in [0.1, 0.15) is 66.4 Å². The Balaban J connectivity index is 2.22. The summed E-state index contributed by atoms with van der Waals surface area (Å²) in [6.07, 6.45) is -4.97. The van der Waals surface area contributed by atoms with Crippen LogP contribution < -0.4 is 21.3 Å². The van der Waals surface area contributed by atoms with E-state index in [4.69, 9.17) is 0 Å². The van der Waals surface area contributed by atoms with Crippen LogP contribution >= 0.6 is 0 Å². The summed E-state index contributed by atoms with van der Waals surface area (Å²) >= 11 is 0. The number of anilines is 1. The van der Waals surface area contributed by atoms with E-state index in [0.717, 1.165) is 5.56 Å². The molecule has 1 heterocycles. The molecular weight excluding hydrogens is 545 g/mol. The highest BCUT2D eigenvalue weighted by molar-refractivity contribution is 6.40. The SMILES string of the molecule is CC(C)(C)C[C@H](NC(=O)C(=O)Nc1ccccc1C(C)(C)C)C(=O)N[C@@H](C[C@@H]1CCNC1=O)C(=O)COC(F)(F)F. The summed E-state index contributed by atoms with van der Waals surface area (Å²) in [5.41, 5.74) is 0.308. The second kappa shape index (κ2) is 13.5. The van der Waals surface area contributed by atoms with Crippen molar-refractivity contribution in [2.24, 2.45) is 11.3 Å². The molecule has 13 heteroatoms. The zero-order valence-electron chi connectivity index (χ0n) is 24.2. The fraction of sp³-hybridized carbons (Fsp3) is 0.607. The normalized spacial score (nSPS) is 17.3. The van der Waals surface area contributed by atoms with Gasteiger partial charge in [-0.2, -0.15) is 0 Å². The highest BCUT2D eigenvalue weighted by atomic mass is 19.4. The van der Waals surface area contributed by atoms with Crippen LogP contribution in [0.3, 0.4) is 0 Å². The van der Waals surface area contributed by atoms with Gasteiger partial charge in [-0.25, -0.2) is 0 Å². The van der Waals surface area contributed by atoms with Gasteiger partial charge in [-0.15, -0.1) is 13.2 Å². The molecule has 0 bridgehead atoms. The molecule has 0 unspecified atom stereocenters. The Bertz CT molecular complexity index is 1140. The lowest BCUT2D eigenvalue weighted by Gasteiger charge is -2.28. The maximum absolute atomic E-state index is 13.3. The predicted molar refractivity (Wildman–Crippen MR) is 144 cm³/mol. The van der Waals surface area contributed by atoms with Crippen LogP contribution in [-0.4, -0.2) is 61.0 Å². The minimum absolute atomic E-state index is 0.0281. The molecule has 4 N–H and O–H groups in total. The van der Waals surface area contributed by atoms with E-state index in [2.05, 4.69) is 26.0 Å². The summed E-state index contributed by atoms with van der Waals surface area (Å²) in [7, 11) is 0. The van der Waals surface area contributed by atoms with Crippen molar-refractivity contribution in [3.8, 4) is 0 Å². The third kappa shape index (κ3) is 11.1. The minimum Gasteiger partial charge on any atom is -0.356 e. The number of rotatable bonds is 10. The van der Waals surface area contributed by atoms with Gasteiger partial charge in [0.2, 0.25) is 11.8 Å². The van der Waals surface area contributed by atoms with Crippen molar-refractivity contribution in [2.75, 3.05) is 18.5 Å². The maximum atomic E-state index is 13.3. The average Bonchev–Trinajstić information content (AvgIpc) is 3.24. The first-order chi connectivity index (χ1) is 18.8. The summed E-state index contributed by atoms with van der Waals surface area (Å²) in [6.45, 7) is 10.1. The van der Waals surface area contributed by atoms with E-state index in [1.165, 1.54) is 0 Å². The molecule has 1 aromatic carbocycles. The van der Waals surface area contributed by atoms with Crippen LogP contribution in [0.2, 0.25) is 0 Å². The molecule has 1 aliphatic heterocycles. The van der Waals surface area contributed by atoms with E-state index in [1.807, 2.05) is 26.8 Å². The Hall–Kier alpha value is -3.48. The highest BCUT2D eigenvalue weighted by Gasteiger charge is 2.37. The summed E-state index contributed by atoms with van der Waals surface area (Å²) in [5.74, 6) is -5.22. The Kier molecular flexibility index (Phi) is 11.1. The van der Waals surface area contributed by atoms with Gasteiger partial charge in [-0.1, -0.05) is 59.7 Å². The molecule has 4 amide bonds. The highest BCUT2D eigenvalue weighted by Crippen LogP contribution is 2.29. The fourth-order valence-corrected chi connectivity index (χ4v) is 4.42. The molecule has 1 aromatic rings. The van der Waals surface area contributed by atoms with Crippen molar-refractivity contribution < 1.29 is 41.9 Å². The molecule has 0 radical (unpaired) electrons. The molecule has 10 nitrogen and oxygen atoms in total. The van der Waals surface area contributed by atoms with Gasteiger partial charge in [0.1, 0.15) is 12.6 Å². The number of benzene rings is 1. The number of Topliss-reactive ketones (excluding diaryl/α,β-unsaturated/α-hetero) is 1. The number of ketones is 1. The van der Waals surface area contributed by atoms with E-state index < -0.39 is 59.9 Å². The third-order valence-corrected chi connectivity index (χ3v) is 6.39. The Morgan fingerprint density at radius 1 is 0.976 bits per heavy atom. The van der Waals surface area contributed by atoms with Crippen LogP contribution in [0, 0.1) is 11.3 Å². The van der Waals surface area contributed by atoms with Crippen LogP contribution in [0.15, 0.2) is 24.3 Å². The topological polar surface area (TPSA) is 143 Å². The van der Waals surface area contributed by atoms with Crippen LogP contribution in [0.5, 0.6) is 0 Å². The van der Waals surface area contributed by atoms with E-state index >= 15 is 0 Å². The average molecular weight is 585 g/mol. The van der Waals surface area contributed by atoms with Crippen LogP contribution in [-0.2, 0) is 34.1 Å². The zero-order valence-corrected chi connectivity index (χ0v) is 24.2. The smallest absolute Gasteiger partial charge is 0.356 e. The molecule has 0 aromatic heterocycles. The molecule has 3 atom stereocenters. The van der Waals surface area contributed by atoms with Gasteiger partial charge < -0.3 is 21.3 Å². The van der Waals surface area contributed by atoms with Gasteiger partial charge in [0.25, 0.3) is 0 Å². The van der Waals surface area contributed by atoms with Crippen molar-refractivity contribution in [3.05, 3.63) is 29.8 Å². The summed E-state index contributed by atoms with van der Waals surface area (Å²) in [5, 5.41) is 9.91. The quantitative estimate of drug-likeness (QED) is 0.312. The number of carbonyl (C=O) groups excluding carboxylic acids is 5. The van der Waals surface area contributed by atoms with Gasteiger partial charge in [-0.05, 0) is 41.7 Å². The fourth-order valence-electron chi connectivity index (χ4n) is 4.42. The molecule has 0 spiro atoms. The second-order valence-electron chi connectivity index (χ2n) is 12.3. The Labute approximate surface area is 237 Å². The number of ether oxygens (including phenoxy) is 1. The first kappa shape index (κ1) is 33.7. The number of para-hydroxylation sites is 1. The van der Waals surface area contributed by atoms with E-state index in [1.54, 1.807) is 39.0 Å². The van der Waals surface area contributed by atoms with E-state index in [9.17, 15) is 37.1 Å².